The highest BCUT2D eigenvalue weighted by Crippen LogP contribution is 2.43. The molecule has 1 aliphatic heterocycles. The highest BCUT2D eigenvalue weighted by Gasteiger charge is 2.36. The summed E-state index contributed by atoms with van der Waals surface area (Å²) in [5.41, 5.74) is 6.69. The molecule has 0 bridgehead atoms. The number of aromatic nitrogens is 8. The Balaban J connectivity index is 1.73. The van der Waals surface area contributed by atoms with E-state index in [1.165, 1.54) is 0 Å². The van der Waals surface area contributed by atoms with Crippen LogP contribution in [0, 0.1) is 12.8 Å². The number of rotatable bonds is 5. The zero-order valence-corrected chi connectivity index (χ0v) is 21.9. The second kappa shape index (κ2) is 8.74. The van der Waals surface area contributed by atoms with Gasteiger partial charge in [0.25, 0.3) is 0 Å². The highest BCUT2D eigenvalue weighted by atomic mass is 16.5. The van der Waals surface area contributed by atoms with Crippen LogP contribution in [0.25, 0.3) is 33.3 Å². The quantitative estimate of drug-likeness (QED) is 0.392. The monoisotopic (exact) mass is 500 g/mol. The van der Waals surface area contributed by atoms with Gasteiger partial charge in [0.05, 0.1) is 39.9 Å². The zero-order valence-electron chi connectivity index (χ0n) is 21.9. The molecule has 1 N–H and O–H groups in total. The van der Waals surface area contributed by atoms with Crippen LogP contribution in [0.1, 0.15) is 49.8 Å². The molecule has 0 aromatic carbocycles. The number of aliphatic hydroxyl groups is 1. The van der Waals surface area contributed by atoms with Crippen LogP contribution in [0.4, 0.5) is 0 Å². The van der Waals surface area contributed by atoms with Crippen molar-refractivity contribution in [2.24, 2.45) is 20.0 Å². The van der Waals surface area contributed by atoms with E-state index in [0.29, 0.717) is 19.1 Å². The fourth-order valence-corrected chi connectivity index (χ4v) is 5.97. The van der Waals surface area contributed by atoms with Gasteiger partial charge in [-0.3, -0.25) is 14.6 Å². The number of fused-ring (bicyclic) bond motifs is 3. The molecular weight excluding hydrogens is 468 g/mol. The van der Waals surface area contributed by atoms with Crippen LogP contribution in [0.15, 0.2) is 36.7 Å². The number of hydrogen-bond donors (Lipinski definition) is 1. The van der Waals surface area contributed by atoms with E-state index in [1.54, 1.807) is 23.2 Å². The van der Waals surface area contributed by atoms with Crippen LogP contribution in [0.5, 0.6) is 0 Å². The van der Waals surface area contributed by atoms with E-state index >= 15 is 0 Å². The van der Waals surface area contributed by atoms with Gasteiger partial charge in [-0.15, -0.1) is 5.10 Å². The van der Waals surface area contributed by atoms with Gasteiger partial charge < -0.3 is 14.4 Å². The maximum Gasteiger partial charge on any atom is 0.137 e. The van der Waals surface area contributed by atoms with E-state index in [2.05, 4.69) is 27.0 Å². The lowest BCUT2D eigenvalue weighted by atomic mass is 9.88. The molecule has 10 nitrogen and oxygen atoms in total. The molecule has 1 atom stereocenters. The van der Waals surface area contributed by atoms with Crippen molar-refractivity contribution in [1.82, 2.24) is 39.3 Å². The molecule has 1 aliphatic rings. The topological polar surface area (TPSA) is 109 Å². The Morgan fingerprint density at radius 1 is 1.08 bits per heavy atom. The van der Waals surface area contributed by atoms with Gasteiger partial charge in [-0.05, 0) is 57.7 Å². The molecule has 1 unspecified atom stereocenters. The molecule has 10 heteroatoms. The normalized spacial score (nSPS) is 16.2. The molecule has 5 aromatic rings. The minimum atomic E-state index is -1.12. The Morgan fingerprint density at radius 2 is 1.86 bits per heavy atom. The molecule has 0 aliphatic carbocycles. The van der Waals surface area contributed by atoms with Crippen LogP contribution in [-0.4, -0.2) is 57.6 Å². The Labute approximate surface area is 214 Å². The molecule has 0 spiro atoms. The summed E-state index contributed by atoms with van der Waals surface area (Å²) >= 11 is 0. The first-order valence-electron chi connectivity index (χ1n) is 12.7. The van der Waals surface area contributed by atoms with E-state index < -0.39 is 5.60 Å². The fourth-order valence-electron chi connectivity index (χ4n) is 5.97. The van der Waals surface area contributed by atoms with Gasteiger partial charge in [-0.25, -0.2) is 4.68 Å². The van der Waals surface area contributed by atoms with Gasteiger partial charge >= 0.3 is 0 Å². The lowest BCUT2D eigenvalue weighted by molar-refractivity contribution is 0.0541. The second-order valence-electron chi connectivity index (χ2n) is 10.5. The predicted octanol–water partition coefficient (Wildman–Crippen LogP) is 3.67. The van der Waals surface area contributed by atoms with Gasteiger partial charge in [0.2, 0.25) is 0 Å². The molecule has 5 aromatic heterocycles. The second-order valence-corrected chi connectivity index (χ2v) is 10.5. The fraction of sp³-hybridized carbons (Fsp3) is 0.444. The van der Waals surface area contributed by atoms with Crippen molar-refractivity contribution in [2.75, 3.05) is 13.2 Å². The third kappa shape index (κ3) is 3.82. The predicted molar refractivity (Wildman–Crippen MR) is 140 cm³/mol. The first-order valence-corrected chi connectivity index (χ1v) is 12.7. The Bertz CT molecular complexity index is 1570. The molecule has 1 saturated heterocycles. The highest BCUT2D eigenvalue weighted by molar-refractivity contribution is 6.05. The maximum absolute atomic E-state index is 11.3. The summed E-state index contributed by atoms with van der Waals surface area (Å²) in [6.45, 7) is 6.99. The first-order chi connectivity index (χ1) is 17.8. The largest absolute Gasteiger partial charge is 0.384 e. The molecule has 0 amide bonds. The summed E-state index contributed by atoms with van der Waals surface area (Å²) in [5, 5.41) is 24.6. The van der Waals surface area contributed by atoms with E-state index in [9.17, 15) is 5.11 Å². The molecule has 6 rings (SSSR count). The van der Waals surface area contributed by atoms with Crippen LogP contribution in [0.3, 0.4) is 0 Å². The van der Waals surface area contributed by atoms with Crippen molar-refractivity contribution in [3.05, 3.63) is 53.7 Å². The van der Waals surface area contributed by atoms with Crippen molar-refractivity contribution in [3.63, 3.8) is 0 Å². The summed E-state index contributed by atoms with van der Waals surface area (Å²) in [6.07, 6.45) is 5.54. The number of pyridine rings is 2. The van der Waals surface area contributed by atoms with Gasteiger partial charge in [0.1, 0.15) is 16.6 Å². The molecule has 0 radical (unpaired) electrons. The number of ether oxygens (including phenoxy) is 1. The number of aryl methyl sites for hydroxylation is 3. The molecule has 0 saturated carbocycles. The van der Waals surface area contributed by atoms with Crippen LogP contribution < -0.4 is 0 Å². The van der Waals surface area contributed by atoms with Crippen molar-refractivity contribution < 1.29 is 9.84 Å². The van der Waals surface area contributed by atoms with E-state index in [1.807, 2.05) is 45.5 Å². The third-order valence-corrected chi connectivity index (χ3v) is 7.44. The van der Waals surface area contributed by atoms with E-state index in [0.717, 1.165) is 63.2 Å². The zero-order chi connectivity index (χ0) is 25.9. The van der Waals surface area contributed by atoms with Gasteiger partial charge in [0.15, 0.2) is 0 Å². The summed E-state index contributed by atoms with van der Waals surface area (Å²) in [5.74, 6) is 0.293. The Morgan fingerprint density at radius 3 is 2.51 bits per heavy atom. The summed E-state index contributed by atoms with van der Waals surface area (Å²) in [4.78, 5) is 9.76. The van der Waals surface area contributed by atoms with Crippen LogP contribution in [-0.2, 0) is 24.4 Å². The lowest BCUT2D eigenvalue weighted by Gasteiger charge is -2.33. The molecule has 1 fully saturated rings. The van der Waals surface area contributed by atoms with Crippen molar-refractivity contribution in [2.45, 2.75) is 45.3 Å². The van der Waals surface area contributed by atoms with Crippen molar-refractivity contribution in [3.8, 4) is 11.3 Å². The average molecular weight is 501 g/mol. The third-order valence-electron chi connectivity index (χ3n) is 7.44. The maximum atomic E-state index is 11.3. The Kier molecular flexibility index (Phi) is 5.61. The van der Waals surface area contributed by atoms with Crippen LogP contribution in [0.2, 0.25) is 0 Å². The smallest absolute Gasteiger partial charge is 0.137 e. The molecular formula is C27H32N8O2. The summed E-state index contributed by atoms with van der Waals surface area (Å²) in [6, 6.07) is 8.13. The van der Waals surface area contributed by atoms with Gasteiger partial charge in [0, 0.05) is 45.3 Å². The van der Waals surface area contributed by atoms with Crippen molar-refractivity contribution in [1.29, 1.82) is 0 Å². The van der Waals surface area contributed by atoms with E-state index in [-0.39, 0.29) is 6.04 Å². The Hall–Kier alpha value is -3.63. The molecule has 6 heterocycles. The molecule has 192 valence electrons. The minimum Gasteiger partial charge on any atom is -0.384 e. The van der Waals surface area contributed by atoms with Gasteiger partial charge in [-0.2, -0.15) is 5.10 Å². The average Bonchev–Trinajstić information content (AvgIpc) is 3.50. The number of hydrogen-bond acceptors (Lipinski definition) is 7. The minimum absolute atomic E-state index is 0.0850. The lowest BCUT2D eigenvalue weighted by Crippen LogP contribution is -2.29. The van der Waals surface area contributed by atoms with Gasteiger partial charge in [-0.1, -0.05) is 11.3 Å². The number of nitrogens with zero attached hydrogens (tertiary/aromatic N) is 8. The first kappa shape index (κ1) is 23.7. The summed E-state index contributed by atoms with van der Waals surface area (Å²) in [7, 11) is 3.77. The van der Waals surface area contributed by atoms with Crippen LogP contribution >= 0.6 is 0 Å². The van der Waals surface area contributed by atoms with E-state index in [4.69, 9.17) is 19.8 Å². The SMILES string of the molecule is Cc1nnn(C)c1-c1cnc2c3nn(C)c(C(C)(C)O)c3n(C(c3ccccn3)C3CCOCC3)c2c1. The summed E-state index contributed by atoms with van der Waals surface area (Å²) < 4.78 is 11.6. The standard InChI is InChI=1S/C27H32N8O2/c1-16-23(33(4)32-30-16)18-14-20-21(29-15-18)22-25(26(27(2,3)36)34(5)31-22)35(20)24(17-9-12-37-13-10-17)19-8-6-7-11-28-19/h6-8,11,14-15,17,24,36H,9-10,12-13H2,1-5H3. The molecule has 37 heavy (non-hydrogen) atoms. The van der Waals surface area contributed by atoms with Crippen molar-refractivity contribution >= 4 is 22.1 Å².